The molecule has 0 radical (unpaired) electrons. The van der Waals surface area contributed by atoms with Crippen LogP contribution in [0.1, 0.15) is 5.56 Å². The normalized spacial score (nSPS) is 10.1. The molecule has 0 aliphatic carbocycles. The lowest BCUT2D eigenvalue weighted by Crippen LogP contribution is -2.19. The van der Waals surface area contributed by atoms with Crippen LogP contribution < -0.4 is 10.6 Å². The first-order valence-electron chi connectivity index (χ1n) is 5.64. The van der Waals surface area contributed by atoms with Crippen molar-refractivity contribution in [2.75, 3.05) is 10.6 Å². The van der Waals surface area contributed by atoms with Crippen LogP contribution in [-0.4, -0.2) is 5.11 Å². The van der Waals surface area contributed by atoms with Crippen molar-refractivity contribution in [1.82, 2.24) is 0 Å². The number of benzene rings is 2. The maximum absolute atomic E-state index is 5.91. The first-order chi connectivity index (χ1) is 9.04. The van der Waals surface area contributed by atoms with Crippen molar-refractivity contribution >= 4 is 51.9 Å². The molecule has 0 saturated carbocycles. The molecule has 2 nitrogen and oxygen atoms in total. The van der Waals surface area contributed by atoms with Gasteiger partial charge in [0.15, 0.2) is 5.11 Å². The van der Waals surface area contributed by atoms with Crippen LogP contribution >= 0.6 is 35.4 Å². The van der Waals surface area contributed by atoms with E-state index in [2.05, 4.69) is 10.6 Å². The van der Waals surface area contributed by atoms with Crippen LogP contribution in [0, 0.1) is 6.92 Å². The third-order valence-corrected chi connectivity index (χ3v) is 3.23. The SMILES string of the molecule is Cc1cc(Cl)ccc1NC(=S)Nc1ccc(Cl)cc1. The van der Waals surface area contributed by atoms with E-state index in [1.165, 1.54) is 0 Å². The number of anilines is 2. The Labute approximate surface area is 127 Å². The average molecular weight is 311 g/mol. The smallest absolute Gasteiger partial charge is 0.175 e. The van der Waals surface area contributed by atoms with Crippen LogP contribution in [-0.2, 0) is 0 Å². The molecule has 0 saturated heterocycles. The zero-order chi connectivity index (χ0) is 13.8. The zero-order valence-corrected chi connectivity index (χ0v) is 12.5. The number of halogens is 2. The van der Waals surface area contributed by atoms with Crippen LogP contribution in [0.3, 0.4) is 0 Å². The summed E-state index contributed by atoms with van der Waals surface area (Å²) in [6.07, 6.45) is 0. The fourth-order valence-electron chi connectivity index (χ4n) is 1.59. The summed E-state index contributed by atoms with van der Waals surface area (Å²) in [7, 11) is 0. The molecule has 98 valence electrons. The van der Waals surface area contributed by atoms with Gasteiger partial charge in [-0.1, -0.05) is 23.2 Å². The Morgan fingerprint density at radius 3 is 2.21 bits per heavy atom. The second-order valence-electron chi connectivity index (χ2n) is 4.05. The van der Waals surface area contributed by atoms with Gasteiger partial charge in [0.05, 0.1) is 0 Å². The van der Waals surface area contributed by atoms with Crippen molar-refractivity contribution in [3.8, 4) is 0 Å². The van der Waals surface area contributed by atoms with E-state index < -0.39 is 0 Å². The van der Waals surface area contributed by atoms with Gasteiger partial charge in [0.2, 0.25) is 0 Å². The first-order valence-corrected chi connectivity index (χ1v) is 6.81. The third kappa shape index (κ3) is 4.10. The van der Waals surface area contributed by atoms with Gasteiger partial charge in [0, 0.05) is 21.4 Å². The van der Waals surface area contributed by atoms with Crippen LogP contribution in [0.15, 0.2) is 42.5 Å². The lowest BCUT2D eigenvalue weighted by Gasteiger charge is -2.12. The molecule has 0 unspecified atom stereocenters. The van der Waals surface area contributed by atoms with Crippen molar-refractivity contribution in [2.24, 2.45) is 0 Å². The largest absolute Gasteiger partial charge is 0.332 e. The molecule has 0 aliphatic heterocycles. The quantitative estimate of drug-likeness (QED) is 0.754. The van der Waals surface area contributed by atoms with Gasteiger partial charge in [0.25, 0.3) is 0 Å². The van der Waals surface area contributed by atoms with E-state index in [9.17, 15) is 0 Å². The highest BCUT2D eigenvalue weighted by atomic mass is 35.5. The minimum Gasteiger partial charge on any atom is -0.332 e. The van der Waals surface area contributed by atoms with Crippen molar-refractivity contribution in [3.63, 3.8) is 0 Å². The number of hydrogen-bond donors (Lipinski definition) is 2. The molecule has 0 amide bonds. The van der Waals surface area contributed by atoms with Gasteiger partial charge >= 0.3 is 0 Å². The fraction of sp³-hybridized carbons (Fsp3) is 0.0714. The summed E-state index contributed by atoms with van der Waals surface area (Å²) in [5, 5.41) is 8.14. The molecule has 2 N–H and O–H groups in total. The van der Waals surface area contributed by atoms with Crippen molar-refractivity contribution in [3.05, 3.63) is 58.1 Å². The average Bonchev–Trinajstić information content (AvgIpc) is 2.36. The van der Waals surface area contributed by atoms with E-state index in [4.69, 9.17) is 35.4 Å². The number of hydrogen-bond acceptors (Lipinski definition) is 1. The Hall–Kier alpha value is -1.29. The monoisotopic (exact) mass is 310 g/mol. The molecule has 0 fully saturated rings. The standard InChI is InChI=1S/C14H12Cl2N2S/c1-9-8-11(16)4-7-13(9)18-14(19)17-12-5-2-10(15)3-6-12/h2-8H,1H3,(H2,17,18,19). The summed E-state index contributed by atoms with van der Waals surface area (Å²) in [5.41, 5.74) is 2.84. The second-order valence-corrected chi connectivity index (χ2v) is 5.33. The van der Waals surface area contributed by atoms with Crippen LogP contribution in [0.2, 0.25) is 10.0 Å². The Morgan fingerprint density at radius 2 is 1.58 bits per heavy atom. The maximum Gasteiger partial charge on any atom is 0.175 e. The first kappa shape index (κ1) is 14.1. The van der Waals surface area contributed by atoms with E-state index >= 15 is 0 Å². The topological polar surface area (TPSA) is 24.1 Å². The van der Waals surface area contributed by atoms with Crippen molar-refractivity contribution in [2.45, 2.75) is 6.92 Å². The molecule has 2 aromatic carbocycles. The van der Waals surface area contributed by atoms with Gasteiger partial charge in [-0.05, 0) is 67.2 Å². The molecule has 2 rings (SSSR count). The van der Waals surface area contributed by atoms with Crippen LogP contribution in [0.25, 0.3) is 0 Å². The van der Waals surface area contributed by atoms with Crippen molar-refractivity contribution < 1.29 is 0 Å². The minimum absolute atomic E-state index is 0.521. The van der Waals surface area contributed by atoms with Gasteiger partial charge in [-0.3, -0.25) is 0 Å². The number of aryl methyl sites for hydroxylation is 1. The highest BCUT2D eigenvalue weighted by Crippen LogP contribution is 2.20. The van der Waals surface area contributed by atoms with E-state index in [0.29, 0.717) is 15.2 Å². The summed E-state index contributed by atoms with van der Waals surface area (Å²) in [5.74, 6) is 0. The number of rotatable bonds is 2. The van der Waals surface area contributed by atoms with Gasteiger partial charge < -0.3 is 10.6 Å². The van der Waals surface area contributed by atoms with Gasteiger partial charge in [-0.2, -0.15) is 0 Å². The molecule has 19 heavy (non-hydrogen) atoms. The number of nitrogens with one attached hydrogen (secondary N) is 2. The summed E-state index contributed by atoms with van der Waals surface area (Å²) >= 11 is 17.0. The lowest BCUT2D eigenvalue weighted by molar-refractivity contribution is 1.45. The minimum atomic E-state index is 0.521. The Kier molecular flexibility index (Phi) is 4.64. The summed E-state index contributed by atoms with van der Waals surface area (Å²) in [6.45, 7) is 1.97. The molecule has 5 heteroatoms. The maximum atomic E-state index is 5.91. The van der Waals surface area contributed by atoms with Gasteiger partial charge in [-0.25, -0.2) is 0 Å². The zero-order valence-electron chi connectivity index (χ0n) is 10.2. The van der Waals surface area contributed by atoms with Crippen molar-refractivity contribution in [1.29, 1.82) is 0 Å². The van der Waals surface area contributed by atoms with Crippen LogP contribution in [0.5, 0.6) is 0 Å². The van der Waals surface area contributed by atoms with E-state index in [1.54, 1.807) is 12.1 Å². The summed E-state index contributed by atoms with van der Waals surface area (Å²) < 4.78 is 0. The molecular weight excluding hydrogens is 299 g/mol. The Bertz CT molecular complexity index is 597. The van der Waals surface area contributed by atoms with Gasteiger partial charge in [0.1, 0.15) is 0 Å². The van der Waals surface area contributed by atoms with Gasteiger partial charge in [-0.15, -0.1) is 0 Å². The fourth-order valence-corrected chi connectivity index (χ4v) is 2.17. The summed E-state index contributed by atoms with van der Waals surface area (Å²) in [6, 6.07) is 12.9. The lowest BCUT2D eigenvalue weighted by atomic mass is 10.2. The molecule has 0 spiro atoms. The predicted octanol–water partition coefficient (Wildman–Crippen LogP) is 5.11. The highest BCUT2D eigenvalue weighted by molar-refractivity contribution is 7.80. The molecule has 0 aliphatic rings. The highest BCUT2D eigenvalue weighted by Gasteiger charge is 2.02. The summed E-state index contributed by atoms with van der Waals surface area (Å²) in [4.78, 5) is 0. The molecule has 2 aromatic rings. The predicted molar refractivity (Wildman–Crippen MR) is 87.5 cm³/mol. The number of thiocarbonyl (C=S) groups is 1. The molecule has 0 heterocycles. The molecule has 0 atom stereocenters. The Morgan fingerprint density at radius 1 is 0.947 bits per heavy atom. The van der Waals surface area contributed by atoms with E-state index in [-0.39, 0.29) is 0 Å². The second kappa shape index (κ2) is 6.24. The van der Waals surface area contributed by atoms with Crippen LogP contribution in [0.4, 0.5) is 11.4 Å². The molecule has 0 bridgehead atoms. The molecule has 0 aromatic heterocycles. The van der Waals surface area contributed by atoms with E-state index in [1.807, 2.05) is 37.3 Å². The third-order valence-electron chi connectivity index (χ3n) is 2.54. The Balaban J connectivity index is 2.03. The molecular formula is C14H12Cl2N2S. The van der Waals surface area contributed by atoms with E-state index in [0.717, 1.165) is 16.9 Å².